The highest BCUT2D eigenvalue weighted by Crippen LogP contribution is 2.27. The van der Waals surface area contributed by atoms with Crippen LogP contribution in [0, 0.1) is 24.0 Å². The van der Waals surface area contributed by atoms with E-state index < -0.39 is 20.4 Å². The first kappa shape index (κ1) is 19.4. The molecular formula is C17H19N3O5S. The highest BCUT2D eigenvalue weighted by molar-refractivity contribution is 7.90. The van der Waals surface area contributed by atoms with E-state index in [2.05, 4.69) is 10.6 Å². The second kappa shape index (κ2) is 7.52. The van der Waals surface area contributed by atoms with Gasteiger partial charge in [-0.05, 0) is 37.6 Å². The van der Waals surface area contributed by atoms with Gasteiger partial charge >= 0.3 is 0 Å². The van der Waals surface area contributed by atoms with Crippen LogP contribution in [0.2, 0.25) is 0 Å². The van der Waals surface area contributed by atoms with Gasteiger partial charge in [-0.1, -0.05) is 17.7 Å². The number of hydrogen-bond donors (Lipinski definition) is 2. The van der Waals surface area contributed by atoms with Crippen LogP contribution < -0.4 is 10.6 Å². The van der Waals surface area contributed by atoms with Crippen LogP contribution in [0.5, 0.6) is 0 Å². The van der Waals surface area contributed by atoms with Crippen LogP contribution in [0.3, 0.4) is 0 Å². The summed E-state index contributed by atoms with van der Waals surface area (Å²) in [6, 6.07) is 9.08. The molecule has 0 aliphatic carbocycles. The smallest absolute Gasteiger partial charge is 0.293 e. The summed E-state index contributed by atoms with van der Waals surface area (Å²) in [4.78, 5) is 22.4. The van der Waals surface area contributed by atoms with Crippen molar-refractivity contribution in [1.29, 1.82) is 0 Å². The molecule has 0 bridgehead atoms. The highest BCUT2D eigenvalue weighted by atomic mass is 32.2. The van der Waals surface area contributed by atoms with Gasteiger partial charge in [0, 0.05) is 18.0 Å². The first-order valence-electron chi connectivity index (χ1n) is 7.67. The van der Waals surface area contributed by atoms with Crippen molar-refractivity contribution in [3.63, 3.8) is 0 Å². The number of amides is 1. The molecule has 0 spiro atoms. The number of sulfone groups is 1. The summed E-state index contributed by atoms with van der Waals surface area (Å²) in [7, 11) is -3.57. The summed E-state index contributed by atoms with van der Waals surface area (Å²) in [5, 5.41) is 16.6. The van der Waals surface area contributed by atoms with Gasteiger partial charge < -0.3 is 10.6 Å². The number of aryl methyl sites for hydroxylation is 2. The van der Waals surface area contributed by atoms with Crippen LogP contribution in [-0.2, 0) is 14.6 Å². The molecule has 0 aliphatic rings. The minimum Gasteiger partial charge on any atom is -0.371 e. The molecule has 2 rings (SSSR count). The van der Waals surface area contributed by atoms with Gasteiger partial charge in [-0.3, -0.25) is 14.9 Å². The Balaban J connectivity index is 2.13. The maximum atomic E-state index is 12.1. The van der Waals surface area contributed by atoms with Gasteiger partial charge in [0.15, 0.2) is 9.84 Å². The Morgan fingerprint density at radius 3 is 2.35 bits per heavy atom. The van der Waals surface area contributed by atoms with Crippen LogP contribution >= 0.6 is 0 Å². The van der Waals surface area contributed by atoms with Gasteiger partial charge in [0.25, 0.3) is 5.69 Å². The number of anilines is 2. The second-order valence-electron chi connectivity index (χ2n) is 5.93. The fourth-order valence-corrected chi connectivity index (χ4v) is 3.01. The molecule has 0 saturated carbocycles. The number of carbonyl (C=O) groups is 1. The fourth-order valence-electron chi connectivity index (χ4n) is 2.37. The lowest BCUT2D eigenvalue weighted by Gasteiger charge is -2.11. The van der Waals surface area contributed by atoms with Crippen LogP contribution in [0.1, 0.15) is 11.1 Å². The molecule has 0 heterocycles. The van der Waals surface area contributed by atoms with E-state index in [-0.39, 0.29) is 23.0 Å². The average molecular weight is 377 g/mol. The van der Waals surface area contributed by atoms with E-state index in [4.69, 9.17) is 0 Å². The Morgan fingerprint density at radius 1 is 1.12 bits per heavy atom. The lowest BCUT2D eigenvalue weighted by Crippen LogP contribution is -2.22. The van der Waals surface area contributed by atoms with Crippen molar-refractivity contribution in [3.05, 3.63) is 57.6 Å². The van der Waals surface area contributed by atoms with E-state index in [1.165, 1.54) is 12.1 Å². The monoisotopic (exact) mass is 377 g/mol. The van der Waals surface area contributed by atoms with Crippen molar-refractivity contribution in [1.82, 2.24) is 0 Å². The van der Waals surface area contributed by atoms with Crippen LogP contribution in [0.4, 0.5) is 17.1 Å². The predicted molar refractivity (Wildman–Crippen MR) is 99.2 cm³/mol. The molecule has 26 heavy (non-hydrogen) atoms. The molecule has 2 aromatic rings. The first-order chi connectivity index (χ1) is 12.1. The SMILES string of the molecule is Cc1ccc(NC(=O)CNc2ccc(S(C)(=O)=O)cc2[N+](=O)[O-])c(C)c1. The Labute approximate surface area is 151 Å². The third kappa shape index (κ3) is 4.79. The van der Waals surface area contributed by atoms with Crippen molar-refractivity contribution in [2.45, 2.75) is 18.7 Å². The molecule has 8 nitrogen and oxygen atoms in total. The summed E-state index contributed by atoms with van der Waals surface area (Å²) < 4.78 is 23.1. The molecule has 138 valence electrons. The lowest BCUT2D eigenvalue weighted by atomic mass is 10.1. The number of nitro benzene ring substituents is 1. The molecule has 0 aliphatic heterocycles. The zero-order valence-electron chi connectivity index (χ0n) is 14.6. The maximum absolute atomic E-state index is 12.1. The van der Waals surface area contributed by atoms with E-state index in [1.807, 2.05) is 26.0 Å². The summed E-state index contributed by atoms with van der Waals surface area (Å²) in [6.07, 6.45) is 0.969. The first-order valence-corrected chi connectivity index (χ1v) is 9.56. The zero-order chi connectivity index (χ0) is 19.5. The molecule has 0 saturated heterocycles. The van der Waals surface area contributed by atoms with Crippen molar-refractivity contribution in [3.8, 4) is 0 Å². The van der Waals surface area contributed by atoms with Crippen LogP contribution in [0.15, 0.2) is 41.3 Å². The Kier molecular flexibility index (Phi) is 5.61. The van der Waals surface area contributed by atoms with Crippen molar-refractivity contribution in [2.24, 2.45) is 0 Å². The second-order valence-corrected chi connectivity index (χ2v) is 7.94. The molecule has 0 atom stereocenters. The minimum absolute atomic E-state index is 0.0678. The number of nitro groups is 1. The van der Waals surface area contributed by atoms with Crippen LogP contribution in [0.25, 0.3) is 0 Å². The number of carbonyl (C=O) groups excluding carboxylic acids is 1. The normalized spacial score (nSPS) is 11.0. The summed E-state index contributed by atoms with van der Waals surface area (Å²) in [6.45, 7) is 3.61. The quantitative estimate of drug-likeness (QED) is 0.590. The molecule has 0 fully saturated rings. The van der Waals surface area contributed by atoms with Crippen LogP contribution in [-0.4, -0.2) is 32.0 Å². The standard InChI is InChI=1S/C17H19N3O5S/c1-11-4-6-14(12(2)8-11)19-17(21)10-18-15-7-5-13(26(3,24)25)9-16(15)20(22)23/h4-9,18H,10H2,1-3H3,(H,19,21). The van der Waals surface area contributed by atoms with Gasteiger partial charge in [-0.25, -0.2) is 8.42 Å². The molecule has 2 aromatic carbocycles. The van der Waals surface area contributed by atoms with Gasteiger partial charge in [0.05, 0.1) is 16.4 Å². The van der Waals surface area contributed by atoms with Gasteiger partial charge in [-0.15, -0.1) is 0 Å². The Morgan fingerprint density at radius 2 is 1.77 bits per heavy atom. The van der Waals surface area contributed by atoms with E-state index in [9.17, 15) is 23.3 Å². The topological polar surface area (TPSA) is 118 Å². The zero-order valence-corrected chi connectivity index (χ0v) is 15.4. The van der Waals surface area contributed by atoms with Gasteiger partial charge in [0.2, 0.25) is 5.91 Å². The van der Waals surface area contributed by atoms with E-state index in [1.54, 1.807) is 6.07 Å². The van der Waals surface area contributed by atoms with Gasteiger partial charge in [-0.2, -0.15) is 0 Å². The van der Waals surface area contributed by atoms with Crippen molar-refractivity contribution in [2.75, 3.05) is 23.4 Å². The molecule has 9 heteroatoms. The molecule has 0 unspecified atom stereocenters. The van der Waals surface area contributed by atoms with Crippen molar-refractivity contribution < 1.29 is 18.1 Å². The lowest BCUT2D eigenvalue weighted by molar-refractivity contribution is -0.384. The molecule has 0 radical (unpaired) electrons. The number of nitrogens with zero attached hydrogens (tertiary/aromatic N) is 1. The Bertz CT molecular complexity index is 970. The summed E-state index contributed by atoms with van der Waals surface area (Å²) >= 11 is 0. The minimum atomic E-state index is -3.57. The highest BCUT2D eigenvalue weighted by Gasteiger charge is 2.19. The summed E-state index contributed by atoms with van der Waals surface area (Å²) in [5.74, 6) is -0.376. The fraction of sp³-hybridized carbons (Fsp3) is 0.235. The number of nitrogens with one attached hydrogen (secondary N) is 2. The molecule has 1 amide bonds. The van der Waals surface area contributed by atoms with E-state index >= 15 is 0 Å². The molecular weight excluding hydrogens is 358 g/mol. The average Bonchev–Trinajstić information content (AvgIpc) is 2.54. The third-order valence-corrected chi connectivity index (χ3v) is 4.80. The largest absolute Gasteiger partial charge is 0.371 e. The Hall–Kier alpha value is -2.94. The third-order valence-electron chi connectivity index (χ3n) is 3.69. The predicted octanol–water partition coefficient (Wildman–Crippen LogP) is 2.67. The van der Waals surface area contributed by atoms with Gasteiger partial charge in [0.1, 0.15) is 5.69 Å². The van der Waals surface area contributed by atoms with Crippen molar-refractivity contribution >= 4 is 32.8 Å². The number of rotatable bonds is 6. The molecule has 2 N–H and O–H groups in total. The van der Waals surface area contributed by atoms with E-state index in [0.29, 0.717) is 5.69 Å². The number of benzene rings is 2. The summed E-state index contributed by atoms with van der Waals surface area (Å²) in [5.41, 5.74) is 2.29. The molecule has 0 aromatic heterocycles. The maximum Gasteiger partial charge on any atom is 0.293 e. The number of hydrogen-bond acceptors (Lipinski definition) is 6. The van der Waals surface area contributed by atoms with E-state index in [0.717, 1.165) is 23.4 Å².